The number of rotatable bonds is 15. The summed E-state index contributed by atoms with van der Waals surface area (Å²) in [5.74, 6) is 0.319. The second-order valence-corrected chi connectivity index (χ2v) is 13.0. The van der Waals surface area contributed by atoms with Crippen molar-refractivity contribution in [3.63, 3.8) is 0 Å². The molecule has 4 N–H and O–H groups in total. The molecule has 13 nitrogen and oxygen atoms in total. The van der Waals surface area contributed by atoms with Crippen LogP contribution in [-0.4, -0.2) is 130 Å². The number of nitrogens with zero attached hydrogens (tertiary/aromatic N) is 5. The lowest BCUT2D eigenvalue weighted by atomic mass is 9.72. The number of amides is 1. The average Bonchev–Trinajstić information content (AvgIpc) is 3.02. The normalized spacial score (nSPS) is 20.7. The third kappa shape index (κ3) is 8.04. The number of β-amino-alcohol motifs (C(OH)–C–C–N with tert-alkyl or cyclic N) is 1. The largest absolute Gasteiger partial charge is 0.493 e. The third-order valence-electron chi connectivity index (χ3n) is 9.10. The Hall–Kier alpha value is -3.14. The average molecular weight is 666 g/mol. The molecule has 5 rings (SSSR count). The molecule has 1 amide bonds. The Kier molecular flexibility index (Phi) is 11.3. The summed E-state index contributed by atoms with van der Waals surface area (Å²) in [5, 5.41) is 38.9. The molecule has 0 aliphatic carbocycles. The molecule has 3 aliphatic rings. The van der Waals surface area contributed by atoms with Crippen LogP contribution in [0, 0.1) is 17.2 Å². The lowest BCUT2D eigenvalue weighted by Gasteiger charge is -2.60. The molecule has 0 radical (unpaired) electrons. The third-order valence-corrected chi connectivity index (χ3v) is 9.30. The SMILES string of the molecule is O=COC(C(=O)N1CC2(CN(C[C@H](O)[C@H](O)[C@H](O)CO)C2)C1)c1ccc(OCCCC2CCN(c3ncc(Cl)cn3)CC2)cc1F. The number of piperidine rings is 1. The minimum absolute atomic E-state index is 0.0587. The van der Waals surface area contributed by atoms with Gasteiger partial charge in [-0.2, -0.15) is 0 Å². The summed E-state index contributed by atoms with van der Waals surface area (Å²) in [7, 11) is 0. The van der Waals surface area contributed by atoms with E-state index in [9.17, 15) is 24.9 Å². The fourth-order valence-corrected chi connectivity index (χ4v) is 6.73. The van der Waals surface area contributed by atoms with Gasteiger partial charge in [-0.25, -0.2) is 14.4 Å². The molecule has 1 aromatic heterocycles. The van der Waals surface area contributed by atoms with Crippen molar-refractivity contribution in [1.82, 2.24) is 19.8 Å². The van der Waals surface area contributed by atoms with Gasteiger partial charge in [0, 0.05) is 62.9 Å². The van der Waals surface area contributed by atoms with Gasteiger partial charge in [0.05, 0.1) is 36.7 Å². The van der Waals surface area contributed by atoms with E-state index in [2.05, 4.69) is 14.9 Å². The Morgan fingerprint density at radius 3 is 2.43 bits per heavy atom. The van der Waals surface area contributed by atoms with Crippen LogP contribution in [0.15, 0.2) is 30.6 Å². The van der Waals surface area contributed by atoms with E-state index < -0.39 is 42.7 Å². The van der Waals surface area contributed by atoms with Crippen molar-refractivity contribution in [2.24, 2.45) is 11.3 Å². The summed E-state index contributed by atoms with van der Waals surface area (Å²) < 4.78 is 26.0. The molecule has 0 saturated carbocycles. The summed E-state index contributed by atoms with van der Waals surface area (Å²) in [4.78, 5) is 38.5. The lowest BCUT2D eigenvalue weighted by Crippen LogP contribution is -2.74. The monoisotopic (exact) mass is 665 g/mol. The molecule has 0 bridgehead atoms. The van der Waals surface area contributed by atoms with Gasteiger partial charge in [-0.05, 0) is 43.7 Å². The van der Waals surface area contributed by atoms with Crippen LogP contribution in [0.1, 0.15) is 37.4 Å². The Morgan fingerprint density at radius 1 is 1.11 bits per heavy atom. The summed E-state index contributed by atoms with van der Waals surface area (Å²) in [6.45, 7) is 3.56. The van der Waals surface area contributed by atoms with Crippen LogP contribution in [0.2, 0.25) is 5.02 Å². The molecule has 2 aromatic rings. The van der Waals surface area contributed by atoms with Crippen molar-refractivity contribution in [2.45, 2.75) is 50.1 Å². The van der Waals surface area contributed by atoms with E-state index in [4.69, 9.17) is 26.2 Å². The topological polar surface area (TPSA) is 169 Å². The van der Waals surface area contributed by atoms with Crippen molar-refractivity contribution in [3.05, 3.63) is 47.0 Å². The van der Waals surface area contributed by atoms with E-state index in [-0.39, 0.29) is 24.0 Å². The molecule has 252 valence electrons. The number of anilines is 1. The molecule has 1 unspecified atom stereocenters. The van der Waals surface area contributed by atoms with E-state index in [1.807, 2.05) is 4.90 Å². The molecule has 3 fully saturated rings. The van der Waals surface area contributed by atoms with Crippen LogP contribution in [0.5, 0.6) is 5.75 Å². The minimum atomic E-state index is -1.47. The molecule has 4 atom stereocenters. The van der Waals surface area contributed by atoms with Crippen LogP contribution in [0.3, 0.4) is 0 Å². The van der Waals surface area contributed by atoms with Gasteiger partial charge in [-0.3, -0.25) is 14.5 Å². The van der Waals surface area contributed by atoms with Crippen LogP contribution in [0.4, 0.5) is 10.3 Å². The number of aromatic nitrogens is 2. The zero-order valence-electron chi connectivity index (χ0n) is 25.5. The number of hydrogen-bond acceptors (Lipinski definition) is 12. The second kappa shape index (κ2) is 15.2. The van der Waals surface area contributed by atoms with Gasteiger partial charge in [-0.15, -0.1) is 0 Å². The Labute approximate surface area is 271 Å². The highest BCUT2D eigenvalue weighted by molar-refractivity contribution is 6.30. The van der Waals surface area contributed by atoms with Crippen molar-refractivity contribution in [1.29, 1.82) is 0 Å². The first-order chi connectivity index (χ1) is 22.1. The molecule has 1 aromatic carbocycles. The van der Waals surface area contributed by atoms with Crippen molar-refractivity contribution < 1.29 is 43.9 Å². The predicted molar refractivity (Wildman–Crippen MR) is 164 cm³/mol. The molecular weight excluding hydrogens is 625 g/mol. The summed E-state index contributed by atoms with van der Waals surface area (Å²) >= 11 is 5.88. The van der Waals surface area contributed by atoms with Gasteiger partial charge in [0.1, 0.15) is 23.8 Å². The zero-order valence-corrected chi connectivity index (χ0v) is 26.2. The van der Waals surface area contributed by atoms with Crippen molar-refractivity contribution >= 4 is 29.9 Å². The van der Waals surface area contributed by atoms with Crippen molar-refractivity contribution in [2.75, 3.05) is 63.9 Å². The number of aliphatic hydroxyl groups excluding tert-OH is 4. The Morgan fingerprint density at radius 2 is 1.80 bits per heavy atom. The predicted octanol–water partition coefficient (Wildman–Crippen LogP) is 0.778. The van der Waals surface area contributed by atoms with Crippen LogP contribution < -0.4 is 9.64 Å². The fourth-order valence-electron chi connectivity index (χ4n) is 6.64. The summed E-state index contributed by atoms with van der Waals surface area (Å²) in [6, 6.07) is 4.16. The standard InChI is InChI=1S/C31H41ClFN5O8/c32-21-11-34-30(35-12-21)37-7-5-20(6-8-37)2-1-9-45-22-3-4-23(24(33)10-22)28(46-19-40)29(44)38-17-31(18-38)15-36(16-31)13-25(41)27(43)26(42)14-39/h3-4,10-12,19-20,25-28,39,41-43H,1-2,5-9,13-18H2/t25-,26+,27-,28?/m0/s1. The Bertz CT molecular complexity index is 1320. The molecular formula is C31H41ClFN5O8. The van der Waals surface area contributed by atoms with Gasteiger partial charge in [0.2, 0.25) is 12.1 Å². The first kappa shape index (κ1) is 34.2. The highest BCUT2D eigenvalue weighted by Crippen LogP contribution is 2.41. The summed E-state index contributed by atoms with van der Waals surface area (Å²) in [6.07, 6.45) is 1.43. The number of hydrogen-bond donors (Lipinski definition) is 4. The minimum Gasteiger partial charge on any atom is -0.493 e. The number of halogens is 2. The van der Waals surface area contributed by atoms with E-state index in [0.29, 0.717) is 55.4 Å². The van der Waals surface area contributed by atoms with Gasteiger partial charge in [-0.1, -0.05) is 11.6 Å². The number of carbonyl (C=O) groups is 2. The van der Waals surface area contributed by atoms with Crippen molar-refractivity contribution in [3.8, 4) is 5.75 Å². The number of likely N-dealkylation sites (tertiary alicyclic amines) is 2. The molecule has 3 saturated heterocycles. The van der Waals surface area contributed by atoms with Gasteiger partial charge in [0.25, 0.3) is 12.4 Å². The van der Waals surface area contributed by atoms with Crippen LogP contribution in [-0.2, 0) is 14.3 Å². The maximum absolute atomic E-state index is 15.2. The van der Waals surface area contributed by atoms with E-state index in [1.54, 1.807) is 18.5 Å². The Balaban J connectivity index is 1.04. The maximum Gasteiger partial charge on any atom is 0.294 e. The van der Waals surface area contributed by atoms with Gasteiger partial charge < -0.3 is 39.7 Å². The number of benzene rings is 1. The van der Waals surface area contributed by atoms with Gasteiger partial charge in [0.15, 0.2) is 0 Å². The van der Waals surface area contributed by atoms with E-state index >= 15 is 4.39 Å². The fraction of sp³-hybridized carbons (Fsp3) is 0.613. The molecule has 15 heteroatoms. The molecule has 46 heavy (non-hydrogen) atoms. The smallest absolute Gasteiger partial charge is 0.294 e. The zero-order chi connectivity index (χ0) is 32.8. The van der Waals surface area contributed by atoms with E-state index in [0.717, 1.165) is 38.8 Å². The number of carbonyl (C=O) groups excluding carboxylic acids is 2. The summed E-state index contributed by atoms with van der Waals surface area (Å²) in [5.41, 5.74) is -0.267. The number of aliphatic hydroxyl groups is 4. The lowest BCUT2D eigenvalue weighted by molar-refractivity contribution is -0.176. The molecule has 4 heterocycles. The molecule has 3 aliphatic heterocycles. The first-order valence-corrected chi connectivity index (χ1v) is 15.9. The highest BCUT2D eigenvalue weighted by Gasteiger charge is 2.54. The van der Waals surface area contributed by atoms with Gasteiger partial charge >= 0.3 is 0 Å². The van der Waals surface area contributed by atoms with E-state index in [1.165, 1.54) is 17.0 Å². The quantitative estimate of drug-likeness (QED) is 0.156. The maximum atomic E-state index is 15.2. The highest BCUT2D eigenvalue weighted by atomic mass is 35.5. The first-order valence-electron chi connectivity index (χ1n) is 15.5. The second-order valence-electron chi connectivity index (χ2n) is 12.6. The van der Waals surface area contributed by atoms with Crippen LogP contribution >= 0.6 is 11.6 Å². The van der Waals surface area contributed by atoms with Crippen LogP contribution in [0.25, 0.3) is 0 Å². The molecule has 1 spiro atoms. The number of ether oxygens (including phenoxy) is 2.